The molecule has 0 aliphatic carbocycles. The van der Waals surface area contributed by atoms with Crippen LogP contribution in [0.4, 0.5) is 0 Å². The normalized spacial score (nSPS) is 11.6. The molecule has 0 fully saturated rings. The van der Waals surface area contributed by atoms with Gasteiger partial charge in [-0.15, -0.1) is 0 Å². The Balaban J connectivity index is 1.49. The van der Waals surface area contributed by atoms with Crippen molar-refractivity contribution in [3.05, 3.63) is 121 Å². The Hall–Kier alpha value is -4.43. The van der Waals surface area contributed by atoms with Gasteiger partial charge in [-0.2, -0.15) is 0 Å². The lowest BCUT2D eigenvalue weighted by atomic mass is 9.98. The summed E-state index contributed by atoms with van der Waals surface area (Å²) in [6.07, 6.45) is 0. The van der Waals surface area contributed by atoms with E-state index < -0.39 is 0 Å². The van der Waals surface area contributed by atoms with E-state index in [1.54, 1.807) is 0 Å². The number of hydrogen-bond acceptors (Lipinski definition) is 1. The molecule has 0 aliphatic rings. The van der Waals surface area contributed by atoms with Gasteiger partial charge in [-0.25, -0.2) is 4.98 Å². The van der Waals surface area contributed by atoms with Crippen molar-refractivity contribution in [2.45, 2.75) is 0 Å². The minimum atomic E-state index is 0.998. The second-order valence-corrected chi connectivity index (χ2v) is 8.52. The van der Waals surface area contributed by atoms with Crippen LogP contribution in [0.1, 0.15) is 0 Å². The smallest absolute Gasteiger partial charge is 0.0951 e. The first-order valence-electron chi connectivity index (χ1n) is 11.2. The van der Waals surface area contributed by atoms with Crippen molar-refractivity contribution in [2.75, 3.05) is 0 Å². The molecule has 2 heteroatoms. The van der Waals surface area contributed by atoms with Gasteiger partial charge in [-0.1, -0.05) is 84.9 Å². The highest BCUT2D eigenvalue weighted by Gasteiger charge is 2.14. The van der Waals surface area contributed by atoms with Crippen molar-refractivity contribution >= 4 is 38.2 Å². The van der Waals surface area contributed by atoms with Crippen LogP contribution in [0.25, 0.3) is 60.6 Å². The molecule has 0 amide bonds. The van der Waals surface area contributed by atoms with E-state index in [1.807, 2.05) is 0 Å². The van der Waals surface area contributed by atoms with Gasteiger partial charge in [0.2, 0.25) is 0 Å². The van der Waals surface area contributed by atoms with Crippen LogP contribution in [0, 0.1) is 0 Å². The zero-order chi connectivity index (χ0) is 21.8. The molecule has 0 N–H and O–H groups in total. The topological polar surface area (TPSA) is 17.3 Å². The molecule has 2 heterocycles. The van der Waals surface area contributed by atoms with Crippen LogP contribution < -0.4 is 0 Å². The van der Waals surface area contributed by atoms with Gasteiger partial charge < -0.3 is 4.40 Å². The highest BCUT2D eigenvalue weighted by Crippen LogP contribution is 2.34. The molecule has 2 nitrogen and oxygen atoms in total. The number of benzene rings is 5. The lowest BCUT2D eigenvalue weighted by Gasteiger charge is -2.11. The average molecular weight is 421 g/mol. The largest absolute Gasteiger partial charge is 0.306 e. The molecule has 7 rings (SSSR count). The summed E-state index contributed by atoms with van der Waals surface area (Å²) < 4.78 is 2.34. The third-order valence-corrected chi connectivity index (χ3v) is 6.53. The zero-order valence-corrected chi connectivity index (χ0v) is 17.9. The maximum atomic E-state index is 5.13. The molecule has 0 aliphatic heterocycles. The third-order valence-electron chi connectivity index (χ3n) is 6.53. The highest BCUT2D eigenvalue weighted by atomic mass is 14.9. The first kappa shape index (κ1) is 18.2. The average Bonchev–Trinajstić information content (AvgIpc) is 3.28. The third kappa shape index (κ3) is 2.85. The fourth-order valence-electron chi connectivity index (χ4n) is 4.94. The van der Waals surface area contributed by atoms with E-state index in [1.165, 1.54) is 32.8 Å². The summed E-state index contributed by atoms with van der Waals surface area (Å²) in [5, 5.41) is 3.74. The van der Waals surface area contributed by atoms with Gasteiger partial charge in [0.1, 0.15) is 0 Å². The van der Waals surface area contributed by atoms with Crippen LogP contribution >= 0.6 is 0 Å². The Morgan fingerprint density at radius 3 is 2.03 bits per heavy atom. The fourth-order valence-corrected chi connectivity index (χ4v) is 4.94. The van der Waals surface area contributed by atoms with E-state index in [9.17, 15) is 0 Å². The van der Waals surface area contributed by atoms with Gasteiger partial charge in [0.25, 0.3) is 0 Å². The van der Waals surface area contributed by atoms with Crippen molar-refractivity contribution < 1.29 is 0 Å². The second-order valence-electron chi connectivity index (χ2n) is 8.52. The summed E-state index contributed by atoms with van der Waals surface area (Å²) in [4.78, 5) is 5.13. The zero-order valence-electron chi connectivity index (χ0n) is 17.9. The molecule has 0 atom stereocenters. The Morgan fingerprint density at radius 2 is 1.12 bits per heavy atom. The SMILES string of the molecule is c1cc(-c2ccc3ccccc3c2)cc(-c2nc3ccccc3n3c2cc2ccccc23)c1. The lowest BCUT2D eigenvalue weighted by molar-refractivity contribution is 1.27. The molecular weight excluding hydrogens is 400 g/mol. The van der Waals surface area contributed by atoms with Gasteiger partial charge in [-0.3, -0.25) is 0 Å². The summed E-state index contributed by atoms with van der Waals surface area (Å²) in [6.45, 7) is 0. The van der Waals surface area contributed by atoms with Gasteiger partial charge in [0.05, 0.1) is 27.8 Å². The Kier molecular flexibility index (Phi) is 3.88. The number of hydrogen-bond donors (Lipinski definition) is 0. The molecule has 2 aromatic heterocycles. The number of aromatic nitrogens is 2. The summed E-state index contributed by atoms with van der Waals surface area (Å²) >= 11 is 0. The molecule has 0 saturated carbocycles. The van der Waals surface area contributed by atoms with Crippen LogP contribution in [-0.4, -0.2) is 9.38 Å². The van der Waals surface area contributed by atoms with E-state index in [2.05, 4.69) is 126 Å². The van der Waals surface area contributed by atoms with Crippen LogP contribution in [0.3, 0.4) is 0 Å². The van der Waals surface area contributed by atoms with Gasteiger partial charge in [-0.05, 0) is 58.3 Å². The number of para-hydroxylation sites is 3. The summed E-state index contributed by atoms with van der Waals surface area (Å²) in [7, 11) is 0. The minimum Gasteiger partial charge on any atom is -0.306 e. The molecule has 33 heavy (non-hydrogen) atoms. The molecule has 0 unspecified atom stereocenters. The summed E-state index contributed by atoms with van der Waals surface area (Å²) in [5.41, 5.74) is 9.01. The maximum absolute atomic E-state index is 5.13. The monoisotopic (exact) mass is 420 g/mol. The van der Waals surface area contributed by atoms with Crippen LogP contribution in [-0.2, 0) is 0 Å². The molecule has 5 aromatic carbocycles. The second kappa shape index (κ2) is 7.04. The predicted octanol–water partition coefficient (Wildman–Crippen LogP) is 8.13. The van der Waals surface area contributed by atoms with E-state index >= 15 is 0 Å². The first-order chi connectivity index (χ1) is 16.3. The molecule has 0 radical (unpaired) electrons. The fraction of sp³-hybridized carbons (Fsp3) is 0. The Labute approximate surface area is 191 Å². The van der Waals surface area contributed by atoms with E-state index in [0.29, 0.717) is 0 Å². The van der Waals surface area contributed by atoms with Crippen LogP contribution in [0.15, 0.2) is 121 Å². The molecule has 7 aromatic rings. The number of nitrogens with zero attached hydrogens (tertiary/aromatic N) is 2. The maximum Gasteiger partial charge on any atom is 0.0951 e. The van der Waals surface area contributed by atoms with E-state index in [4.69, 9.17) is 4.98 Å². The van der Waals surface area contributed by atoms with E-state index in [-0.39, 0.29) is 0 Å². The van der Waals surface area contributed by atoms with Gasteiger partial charge in [0.15, 0.2) is 0 Å². The number of rotatable bonds is 2. The summed E-state index contributed by atoms with van der Waals surface area (Å²) in [5.74, 6) is 0. The van der Waals surface area contributed by atoms with E-state index in [0.717, 1.165) is 27.8 Å². The van der Waals surface area contributed by atoms with Crippen LogP contribution in [0.5, 0.6) is 0 Å². The molecule has 0 saturated heterocycles. The van der Waals surface area contributed by atoms with Crippen molar-refractivity contribution in [3.8, 4) is 22.4 Å². The van der Waals surface area contributed by atoms with Gasteiger partial charge >= 0.3 is 0 Å². The lowest BCUT2D eigenvalue weighted by Crippen LogP contribution is -1.95. The standard InChI is InChI=1S/C31H20N2/c1-2-9-22-18-24(17-16-21(22)8-1)23-11-7-12-26(19-23)31-30-20-25-10-3-5-14-28(25)33(30)29-15-6-4-13-27(29)32-31/h1-20H. The highest BCUT2D eigenvalue weighted by molar-refractivity contribution is 5.99. The number of fused-ring (bicyclic) bond motifs is 6. The Morgan fingerprint density at radius 1 is 0.424 bits per heavy atom. The van der Waals surface area contributed by atoms with Crippen molar-refractivity contribution in [1.82, 2.24) is 9.38 Å². The Bertz CT molecular complexity index is 1820. The first-order valence-corrected chi connectivity index (χ1v) is 11.2. The summed E-state index contributed by atoms with van der Waals surface area (Å²) in [6, 6.07) is 43.1. The molecule has 154 valence electrons. The van der Waals surface area contributed by atoms with Gasteiger partial charge in [0, 0.05) is 10.9 Å². The molecule has 0 spiro atoms. The molecule has 0 bridgehead atoms. The van der Waals surface area contributed by atoms with Crippen molar-refractivity contribution in [3.63, 3.8) is 0 Å². The minimum absolute atomic E-state index is 0.998. The van der Waals surface area contributed by atoms with Crippen molar-refractivity contribution in [1.29, 1.82) is 0 Å². The van der Waals surface area contributed by atoms with Crippen molar-refractivity contribution in [2.24, 2.45) is 0 Å². The predicted molar refractivity (Wildman–Crippen MR) is 139 cm³/mol. The van der Waals surface area contributed by atoms with Crippen LogP contribution in [0.2, 0.25) is 0 Å². The molecular formula is C31H20N2. The quantitative estimate of drug-likeness (QED) is 0.276.